The lowest BCUT2D eigenvalue weighted by Crippen LogP contribution is -2.16. The van der Waals surface area contributed by atoms with Gasteiger partial charge < -0.3 is 10.2 Å². The zero-order valence-corrected chi connectivity index (χ0v) is 10.8. The summed E-state index contributed by atoms with van der Waals surface area (Å²) in [6, 6.07) is 3.91. The second-order valence-corrected chi connectivity index (χ2v) is 4.06. The molecule has 6 heteroatoms. The summed E-state index contributed by atoms with van der Waals surface area (Å²) < 4.78 is 0. The SMILES string of the molecule is CNc1nc(Cc2cccnc2)nc(N(C)C)n1. The van der Waals surface area contributed by atoms with E-state index in [0.29, 0.717) is 18.3 Å². The summed E-state index contributed by atoms with van der Waals surface area (Å²) in [7, 11) is 5.61. The predicted octanol–water partition coefficient (Wildman–Crippen LogP) is 0.965. The largest absolute Gasteiger partial charge is 0.357 e. The van der Waals surface area contributed by atoms with E-state index in [-0.39, 0.29) is 0 Å². The van der Waals surface area contributed by atoms with Gasteiger partial charge in [0.15, 0.2) is 0 Å². The summed E-state index contributed by atoms with van der Waals surface area (Å²) in [4.78, 5) is 19.0. The fraction of sp³-hybridized carbons (Fsp3) is 0.333. The number of aromatic nitrogens is 4. The molecule has 2 aromatic rings. The highest BCUT2D eigenvalue weighted by Gasteiger charge is 2.07. The van der Waals surface area contributed by atoms with Crippen molar-refractivity contribution in [2.75, 3.05) is 31.4 Å². The third kappa shape index (κ3) is 2.91. The van der Waals surface area contributed by atoms with Crippen molar-refractivity contribution in [3.05, 3.63) is 35.9 Å². The highest BCUT2D eigenvalue weighted by molar-refractivity contribution is 5.35. The molecule has 18 heavy (non-hydrogen) atoms. The van der Waals surface area contributed by atoms with Crippen molar-refractivity contribution in [3.8, 4) is 0 Å². The summed E-state index contributed by atoms with van der Waals surface area (Å²) in [6.07, 6.45) is 4.21. The van der Waals surface area contributed by atoms with E-state index in [1.54, 1.807) is 13.2 Å². The summed E-state index contributed by atoms with van der Waals surface area (Å²) in [5, 5.41) is 2.94. The first-order valence-electron chi connectivity index (χ1n) is 5.68. The molecule has 0 saturated heterocycles. The normalized spacial score (nSPS) is 10.2. The Bertz CT molecular complexity index is 511. The number of hydrogen-bond acceptors (Lipinski definition) is 6. The van der Waals surface area contributed by atoms with Crippen LogP contribution in [0.3, 0.4) is 0 Å². The van der Waals surface area contributed by atoms with Crippen molar-refractivity contribution in [2.24, 2.45) is 0 Å². The van der Waals surface area contributed by atoms with Crippen LogP contribution in [0.25, 0.3) is 0 Å². The lowest BCUT2D eigenvalue weighted by atomic mass is 10.2. The molecule has 0 spiro atoms. The highest BCUT2D eigenvalue weighted by atomic mass is 15.3. The molecule has 0 fully saturated rings. The van der Waals surface area contributed by atoms with E-state index in [4.69, 9.17) is 0 Å². The van der Waals surface area contributed by atoms with Gasteiger partial charge >= 0.3 is 0 Å². The molecule has 0 aliphatic heterocycles. The van der Waals surface area contributed by atoms with E-state index in [1.807, 2.05) is 37.3 Å². The maximum atomic E-state index is 4.41. The first-order valence-corrected chi connectivity index (χ1v) is 5.68. The topological polar surface area (TPSA) is 66.8 Å². The average Bonchev–Trinajstić information content (AvgIpc) is 2.39. The second-order valence-electron chi connectivity index (χ2n) is 4.06. The molecule has 0 atom stereocenters. The van der Waals surface area contributed by atoms with Gasteiger partial charge in [-0.05, 0) is 11.6 Å². The molecule has 0 radical (unpaired) electrons. The molecule has 0 amide bonds. The molecule has 0 aliphatic rings. The van der Waals surface area contributed by atoms with Gasteiger partial charge in [0.2, 0.25) is 11.9 Å². The summed E-state index contributed by atoms with van der Waals surface area (Å²) >= 11 is 0. The number of nitrogens with zero attached hydrogens (tertiary/aromatic N) is 5. The van der Waals surface area contributed by atoms with Crippen LogP contribution >= 0.6 is 0 Å². The molecule has 0 saturated carbocycles. The summed E-state index contributed by atoms with van der Waals surface area (Å²) in [5.41, 5.74) is 1.08. The molecule has 0 unspecified atom stereocenters. The molecular weight excluding hydrogens is 228 g/mol. The zero-order valence-electron chi connectivity index (χ0n) is 10.8. The third-order valence-electron chi connectivity index (χ3n) is 2.38. The number of pyridine rings is 1. The quantitative estimate of drug-likeness (QED) is 0.864. The molecular formula is C12H16N6. The van der Waals surface area contributed by atoms with Gasteiger partial charge in [0.25, 0.3) is 0 Å². The average molecular weight is 244 g/mol. The number of rotatable bonds is 4. The summed E-state index contributed by atoms with van der Waals surface area (Å²) in [5.74, 6) is 1.95. The summed E-state index contributed by atoms with van der Waals surface area (Å²) in [6.45, 7) is 0. The minimum atomic E-state index is 0.576. The van der Waals surface area contributed by atoms with Crippen molar-refractivity contribution >= 4 is 11.9 Å². The van der Waals surface area contributed by atoms with Crippen molar-refractivity contribution in [2.45, 2.75) is 6.42 Å². The molecule has 0 aromatic carbocycles. The molecule has 6 nitrogen and oxygen atoms in total. The van der Waals surface area contributed by atoms with E-state index >= 15 is 0 Å². The Kier molecular flexibility index (Phi) is 3.66. The zero-order chi connectivity index (χ0) is 13.0. The monoisotopic (exact) mass is 244 g/mol. The van der Waals surface area contributed by atoms with Gasteiger partial charge in [-0.3, -0.25) is 4.98 Å². The van der Waals surface area contributed by atoms with Crippen molar-refractivity contribution < 1.29 is 0 Å². The Morgan fingerprint density at radius 2 is 2.06 bits per heavy atom. The first kappa shape index (κ1) is 12.2. The molecule has 94 valence electrons. The van der Waals surface area contributed by atoms with E-state index < -0.39 is 0 Å². The highest BCUT2D eigenvalue weighted by Crippen LogP contribution is 2.10. The lowest BCUT2D eigenvalue weighted by Gasteiger charge is -2.12. The molecule has 2 heterocycles. The van der Waals surface area contributed by atoms with Gasteiger partial charge in [-0.2, -0.15) is 15.0 Å². The predicted molar refractivity (Wildman–Crippen MR) is 70.7 cm³/mol. The van der Waals surface area contributed by atoms with Crippen molar-refractivity contribution in [1.29, 1.82) is 0 Å². The van der Waals surface area contributed by atoms with Gasteiger partial charge in [-0.15, -0.1) is 0 Å². The maximum absolute atomic E-state index is 4.41. The van der Waals surface area contributed by atoms with Gasteiger partial charge in [0, 0.05) is 40.0 Å². The maximum Gasteiger partial charge on any atom is 0.229 e. The van der Waals surface area contributed by atoms with Crippen molar-refractivity contribution in [3.63, 3.8) is 0 Å². The van der Waals surface area contributed by atoms with Gasteiger partial charge in [-0.1, -0.05) is 6.07 Å². The van der Waals surface area contributed by atoms with Crippen LogP contribution in [0.1, 0.15) is 11.4 Å². The van der Waals surface area contributed by atoms with Crippen LogP contribution < -0.4 is 10.2 Å². The van der Waals surface area contributed by atoms with Crippen LogP contribution in [0.2, 0.25) is 0 Å². The Balaban J connectivity index is 2.30. The molecule has 0 bridgehead atoms. The fourth-order valence-corrected chi connectivity index (χ4v) is 1.48. The Hall–Kier alpha value is -2.24. The Morgan fingerprint density at radius 3 is 2.67 bits per heavy atom. The van der Waals surface area contributed by atoms with Crippen LogP contribution in [-0.2, 0) is 6.42 Å². The first-order chi connectivity index (χ1) is 8.69. The standard InChI is InChI=1S/C12H16N6/c1-13-11-15-10(16-12(17-11)18(2)3)7-9-5-4-6-14-8-9/h4-6,8H,7H2,1-3H3,(H,13,15,16,17). The minimum Gasteiger partial charge on any atom is -0.357 e. The number of hydrogen-bond donors (Lipinski definition) is 1. The molecule has 2 rings (SSSR count). The van der Waals surface area contributed by atoms with Crippen LogP contribution in [0, 0.1) is 0 Å². The Labute approximate surface area is 106 Å². The Morgan fingerprint density at radius 1 is 1.22 bits per heavy atom. The number of anilines is 2. The van der Waals surface area contributed by atoms with Crippen LogP contribution in [0.4, 0.5) is 11.9 Å². The third-order valence-corrected chi connectivity index (χ3v) is 2.38. The fourth-order valence-electron chi connectivity index (χ4n) is 1.48. The van der Waals surface area contributed by atoms with Gasteiger partial charge in [-0.25, -0.2) is 0 Å². The minimum absolute atomic E-state index is 0.576. The van der Waals surface area contributed by atoms with E-state index in [1.165, 1.54) is 0 Å². The van der Waals surface area contributed by atoms with E-state index in [9.17, 15) is 0 Å². The number of nitrogens with one attached hydrogen (secondary N) is 1. The van der Waals surface area contributed by atoms with E-state index in [2.05, 4.69) is 25.3 Å². The van der Waals surface area contributed by atoms with Crippen LogP contribution in [0.5, 0.6) is 0 Å². The van der Waals surface area contributed by atoms with Gasteiger partial charge in [0.1, 0.15) is 5.82 Å². The molecule has 2 aromatic heterocycles. The van der Waals surface area contributed by atoms with Crippen LogP contribution in [0.15, 0.2) is 24.5 Å². The van der Waals surface area contributed by atoms with E-state index in [0.717, 1.165) is 11.4 Å². The smallest absolute Gasteiger partial charge is 0.229 e. The van der Waals surface area contributed by atoms with Crippen LogP contribution in [-0.4, -0.2) is 41.1 Å². The van der Waals surface area contributed by atoms with Crippen molar-refractivity contribution in [1.82, 2.24) is 19.9 Å². The second kappa shape index (κ2) is 5.39. The molecule has 0 aliphatic carbocycles. The van der Waals surface area contributed by atoms with Gasteiger partial charge in [0.05, 0.1) is 0 Å². The molecule has 1 N–H and O–H groups in total. The lowest BCUT2D eigenvalue weighted by molar-refractivity contribution is 0.884.